The van der Waals surface area contributed by atoms with Gasteiger partial charge < -0.3 is 14.4 Å². The monoisotopic (exact) mass is 376 g/mol. The van der Waals surface area contributed by atoms with Crippen LogP contribution in [0.25, 0.3) is 0 Å². The number of anilines is 1. The molecule has 0 aliphatic carbocycles. The number of aromatic nitrogens is 1. The molecule has 2 aliphatic heterocycles. The van der Waals surface area contributed by atoms with Crippen LogP contribution < -0.4 is 9.88 Å². The van der Waals surface area contributed by atoms with E-state index in [4.69, 9.17) is 9.47 Å². The minimum Gasteiger partial charge on any atom is -0.444 e. The van der Waals surface area contributed by atoms with Crippen LogP contribution in [-0.4, -0.2) is 41.4 Å². The quantitative estimate of drug-likeness (QED) is 0.764. The average molecular weight is 376 g/mol. The van der Waals surface area contributed by atoms with Gasteiger partial charge in [-0.3, -0.25) is 0 Å². The van der Waals surface area contributed by atoms with Crippen molar-refractivity contribution in [3.63, 3.8) is 0 Å². The molecule has 2 atom stereocenters. The van der Waals surface area contributed by atoms with Gasteiger partial charge in [-0.2, -0.15) is 10.1 Å². The summed E-state index contributed by atoms with van der Waals surface area (Å²) in [7, 11) is 0. The predicted octanol–water partition coefficient (Wildman–Crippen LogP) is 3.29. The number of nitrogens with one attached hydrogen (secondary N) is 1. The summed E-state index contributed by atoms with van der Waals surface area (Å²) in [5.41, 5.74) is 0.0849. The molecule has 1 fully saturated rings. The summed E-state index contributed by atoms with van der Waals surface area (Å²) in [4.78, 5) is 26.4. The Kier molecular flexibility index (Phi) is 4.82. The Morgan fingerprint density at radius 1 is 1.07 bits per heavy atom. The molecule has 0 saturated carbocycles. The van der Waals surface area contributed by atoms with E-state index in [2.05, 4.69) is 16.0 Å². The fourth-order valence-corrected chi connectivity index (χ4v) is 3.73. The van der Waals surface area contributed by atoms with Gasteiger partial charge in [0, 0.05) is 24.9 Å². The number of likely N-dealkylation sites (tertiary alicyclic amines) is 1. The zero-order valence-corrected chi connectivity index (χ0v) is 17.0. The molecule has 7 heteroatoms. The fraction of sp³-hybridized carbons (Fsp3) is 0.650. The number of hydrogen-bond donors (Lipinski definition) is 1. The smallest absolute Gasteiger partial charge is 0.444 e. The van der Waals surface area contributed by atoms with Crippen LogP contribution in [0, 0.1) is 5.92 Å². The summed E-state index contributed by atoms with van der Waals surface area (Å²) in [5, 5.41) is 2.86. The van der Waals surface area contributed by atoms with Crippen LogP contribution in [0.5, 0.6) is 0 Å². The molecule has 1 aromatic rings. The molecule has 2 aliphatic rings. The summed E-state index contributed by atoms with van der Waals surface area (Å²) in [5.74, 6) is 1.01. The first-order chi connectivity index (χ1) is 12.4. The number of rotatable bonds is 1. The minimum absolute atomic E-state index is 0.124. The van der Waals surface area contributed by atoms with E-state index < -0.39 is 17.3 Å². The molecular formula is C20H30N3O4+. The van der Waals surface area contributed by atoms with Crippen LogP contribution in [0.15, 0.2) is 18.2 Å². The third-order valence-corrected chi connectivity index (χ3v) is 4.60. The van der Waals surface area contributed by atoms with E-state index in [0.717, 1.165) is 12.1 Å². The maximum Gasteiger partial charge on any atom is 0.505 e. The molecular weight excluding hydrogens is 346 g/mol. The van der Waals surface area contributed by atoms with E-state index in [1.54, 1.807) is 4.90 Å². The van der Waals surface area contributed by atoms with Crippen molar-refractivity contribution in [2.45, 2.75) is 65.2 Å². The molecule has 3 heterocycles. The number of carbonyl (C=O) groups is 2. The van der Waals surface area contributed by atoms with Crippen molar-refractivity contribution in [2.75, 3.05) is 18.4 Å². The van der Waals surface area contributed by atoms with Gasteiger partial charge in [-0.1, -0.05) is 6.07 Å². The van der Waals surface area contributed by atoms with Crippen LogP contribution in [0.1, 0.15) is 53.3 Å². The second-order valence-electron chi connectivity index (χ2n) is 9.32. The lowest BCUT2D eigenvalue weighted by molar-refractivity contribution is -0.703. The molecule has 0 spiro atoms. The average Bonchev–Trinajstić information content (AvgIpc) is 3.00. The third-order valence-electron chi connectivity index (χ3n) is 4.60. The predicted molar refractivity (Wildman–Crippen MR) is 101 cm³/mol. The van der Waals surface area contributed by atoms with Gasteiger partial charge in [0.15, 0.2) is 0 Å². The molecule has 0 unspecified atom stereocenters. The van der Waals surface area contributed by atoms with E-state index in [1.807, 2.05) is 53.7 Å². The van der Waals surface area contributed by atoms with Gasteiger partial charge in [-0.15, -0.1) is 0 Å². The Balaban J connectivity index is 1.75. The normalized spacial score (nSPS) is 21.5. The number of fused-ring (bicyclic) bond motifs is 3. The van der Waals surface area contributed by atoms with Crippen LogP contribution >= 0.6 is 0 Å². The van der Waals surface area contributed by atoms with Crippen LogP contribution in [0.3, 0.4) is 0 Å². The Bertz CT molecular complexity index is 749. The van der Waals surface area contributed by atoms with E-state index in [9.17, 15) is 9.59 Å². The molecule has 0 bridgehead atoms. The lowest BCUT2D eigenvalue weighted by atomic mass is 10.0. The first kappa shape index (κ1) is 19.5. The zero-order valence-electron chi connectivity index (χ0n) is 17.0. The first-order valence-corrected chi connectivity index (χ1v) is 9.44. The topological polar surface area (TPSA) is 71.8 Å². The van der Waals surface area contributed by atoms with Crippen LogP contribution in [-0.2, 0) is 15.9 Å². The molecule has 3 rings (SSSR count). The summed E-state index contributed by atoms with van der Waals surface area (Å²) >= 11 is 0. The Hall–Kier alpha value is -2.31. The second kappa shape index (κ2) is 6.69. The molecule has 148 valence electrons. The van der Waals surface area contributed by atoms with Gasteiger partial charge in [-0.05, 0) is 47.6 Å². The van der Waals surface area contributed by atoms with Gasteiger partial charge in [0.05, 0.1) is 6.54 Å². The summed E-state index contributed by atoms with van der Waals surface area (Å²) in [6, 6.07) is 5.99. The van der Waals surface area contributed by atoms with E-state index >= 15 is 0 Å². The van der Waals surface area contributed by atoms with Crippen molar-refractivity contribution in [1.82, 2.24) is 4.90 Å². The van der Waals surface area contributed by atoms with Crippen molar-refractivity contribution in [2.24, 2.45) is 5.92 Å². The largest absolute Gasteiger partial charge is 0.505 e. The highest BCUT2D eigenvalue weighted by atomic mass is 16.6. The van der Waals surface area contributed by atoms with Crippen LogP contribution in [0.2, 0.25) is 0 Å². The number of amides is 2. The highest BCUT2D eigenvalue weighted by Crippen LogP contribution is 2.34. The maximum absolute atomic E-state index is 12.4. The minimum atomic E-state index is -0.559. The van der Waals surface area contributed by atoms with Gasteiger partial charge in [0.25, 0.3) is 5.82 Å². The number of pyridine rings is 1. The Labute approximate surface area is 160 Å². The van der Waals surface area contributed by atoms with Gasteiger partial charge in [0.2, 0.25) is 0 Å². The number of hydrogen-bond acceptors (Lipinski definition) is 4. The lowest BCUT2D eigenvalue weighted by Crippen LogP contribution is -2.46. The molecule has 27 heavy (non-hydrogen) atoms. The highest BCUT2D eigenvalue weighted by molar-refractivity contribution is 5.82. The third kappa shape index (κ3) is 4.51. The number of ether oxygens (including phenoxy) is 2. The van der Waals surface area contributed by atoms with Gasteiger partial charge in [0.1, 0.15) is 22.9 Å². The fourth-order valence-electron chi connectivity index (χ4n) is 3.73. The van der Waals surface area contributed by atoms with Crippen molar-refractivity contribution < 1.29 is 23.6 Å². The van der Waals surface area contributed by atoms with E-state index in [-0.39, 0.29) is 12.1 Å². The van der Waals surface area contributed by atoms with Crippen LogP contribution in [0.4, 0.5) is 15.4 Å². The molecule has 7 nitrogen and oxygen atoms in total. The zero-order chi connectivity index (χ0) is 20.0. The molecule has 1 saturated heterocycles. The Morgan fingerprint density at radius 2 is 1.74 bits per heavy atom. The molecule has 2 amide bonds. The highest BCUT2D eigenvalue weighted by Gasteiger charge is 2.47. The first-order valence-electron chi connectivity index (χ1n) is 9.44. The van der Waals surface area contributed by atoms with Gasteiger partial charge >= 0.3 is 12.2 Å². The SMILES string of the molecule is CC(C)(C)OC(=O)Nc1cccc2[n+]1[C@H]1CN(C(=O)OC(C)(C)C)C[C@H]1C2. The molecule has 0 aromatic carbocycles. The summed E-state index contributed by atoms with van der Waals surface area (Å²) in [6.07, 6.45) is 0.110. The lowest BCUT2D eigenvalue weighted by Gasteiger charge is -2.24. The van der Waals surface area contributed by atoms with Crippen molar-refractivity contribution in [3.05, 3.63) is 23.9 Å². The number of nitrogens with zero attached hydrogens (tertiary/aromatic N) is 2. The number of carbonyl (C=O) groups excluding carboxylic acids is 2. The van der Waals surface area contributed by atoms with Crippen molar-refractivity contribution in [3.8, 4) is 0 Å². The maximum atomic E-state index is 12.4. The van der Waals surface area contributed by atoms with E-state index in [1.165, 1.54) is 0 Å². The molecule has 1 N–H and O–H groups in total. The Morgan fingerprint density at radius 3 is 2.37 bits per heavy atom. The second-order valence-corrected chi connectivity index (χ2v) is 9.32. The van der Waals surface area contributed by atoms with Crippen molar-refractivity contribution >= 4 is 18.0 Å². The van der Waals surface area contributed by atoms with Crippen molar-refractivity contribution in [1.29, 1.82) is 0 Å². The summed E-state index contributed by atoms with van der Waals surface area (Å²) in [6.45, 7) is 12.3. The van der Waals surface area contributed by atoms with Gasteiger partial charge in [-0.25, -0.2) is 9.36 Å². The summed E-state index contributed by atoms with van der Waals surface area (Å²) < 4.78 is 13.0. The molecule has 0 radical (unpaired) electrons. The standard InChI is InChI=1S/C20H29N3O4/c1-19(2,3)26-17(24)21-16-9-7-8-14-10-13-11-22(12-15(13)23(14)16)18(25)27-20(4,5)6/h7-9,13,15H,10-12H2,1-6H3/p+1/t13-,15+/m1/s1. The molecule has 1 aromatic heterocycles. The van der Waals surface area contributed by atoms with E-state index in [0.29, 0.717) is 24.8 Å².